The van der Waals surface area contributed by atoms with E-state index < -0.39 is 0 Å². The Hall–Kier alpha value is -2.86. The first-order chi connectivity index (χ1) is 15.2. The second-order valence-electron chi connectivity index (χ2n) is 8.25. The molecule has 0 spiro atoms. The Labute approximate surface area is 184 Å². The molecule has 1 N–H and O–H groups in total. The smallest absolute Gasteiger partial charge is 0.222 e. The summed E-state index contributed by atoms with van der Waals surface area (Å²) < 4.78 is 6.07. The number of aliphatic imine (C=N–C) groups is 1. The van der Waals surface area contributed by atoms with Gasteiger partial charge in [0.15, 0.2) is 5.96 Å². The molecule has 1 unspecified atom stereocenters. The molecule has 0 bridgehead atoms. The van der Waals surface area contributed by atoms with Gasteiger partial charge in [-0.15, -0.1) is 0 Å². The SMILES string of the molecule is CN=C(NCc1ccccc1CN1CCCC1=O)N1CCOC(c2ccccc2C)C1. The van der Waals surface area contributed by atoms with Crippen LogP contribution in [0.25, 0.3) is 0 Å². The van der Waals surface area contributed by atoms with Crippen LogP contribution in [-0.4, -0.2) is 55.0 Å². The third kappa shape index (κ3) is 5.07. The van der Waals surface area contributed by atoms with Gasteiger partial charge < -0.3 is 19.9 Å². The summed E-state index contributed by atoms with van der Waals surface area (Å²) in [7, 11) is 1.83. The largest absolute Gasteiger partial charge is 0.370 e. The minimum Gasteiger partial charge on any atom is -0.370 e. The fourth-order valence-electron chi connectivity index (χ4n) is 4.45. The average Bonchev–Trinajstić information content (AvgIpc) is 3.20. The van der Waals surface area contributed by atoms with Gasteiger partial charge in [-0.2, -0.15) is 0 Å². The predicted molar refractivity (Wildman–Crippen MR) is 123 cm³/mol. The summed E-state index contributed by atoms with van der Waals surface area (Å²) >= 11 is 0. The lowest BCUT2D eigenvalue weighted by atomic mass is 10.0. The van der Waals surface area contributed by atoms with Gasteiger partial charge in [-0.1, -0.05) is 48.5 Å². The Morgan fingerprint density at radius 2 is 1.90 bits per heavy atom. The molecular weight excluding hydrogens is 388 g/mol. The van der Waals surface area contributed by atoms with Crippen LogP contribution in [0.15, 0.2) is 53.5 Å². The maximum Gasteiger partial charge on any atom is 0.222 e. The molecule has 31 heavy (non-hydrogen) atoms. The Balaban J connectivity index is 1.41. The first-order valence-electron chi connectivity index (χ1n) is 11.1. The van der Waals surface area contributed by atoms with Crippen LogP contribution >= 0.6 is 0 Å². The number of morpholine rings is 1. The fraction of sp³-hybridized carbons (Fsp3) is 0.440. The molecule has 2 fully saturated rings. The minimum atomic E-state index is 0.0435. The number of benzene rings is 2. The van der Waals surface area contributed by atoms with Crippen molar-refractivity contribution in [2.45, 2.75) is 39.0 Å². The number of likely N-dealkylation sites (tertiary alicyclic amines) is 1. The van der Waals surface area contributed by atoms with Gasteiger partial charge in [0.05, 0.1) is 13.2 Å². The molecule has 0 aliphatic carbocycles. The van der Waals surface area contributed by atoms with E-state index in [1.54, 1.807) is 0 Å². The van der Waals surface area contributed by atoms with E-state index in [1.165, 1.54) is 22.3 Å². The van der Waals surface area contributed by atoms with Gasteiger partial charge in [-0.25, -0.2) is 0 Å². The van der Waals surface area contributed by atoms with Crippen molar-refractivity contribution in [3.63, 3.8) is 0 Å². The maximum absolute atomic E-state index is 12.1. The summed E-state index contributed by atoms with van der Waals surface area (Å²) in [5.41, 5.74) is 4.89. The highest BCUT2D eigenvalue weighted by molar-refractivity contribution is 5.80. The molecule has 4 rings (SSSR count). The molecule has 2 heterocycles. The highest BCUT2D eigenvalue weighted by Gasteiger charge is 2.25. The van der Waals surface area contributed by atoms with Crippen molar-refractivity contribution >= 4 is 11.9 Å². The number of ether oxygens (including phenoxy) is 1. The van der Waals surface area contributed by atoms with Crippen molar-refractivity contribution in [1.29, 1.82) is 0 Å². The lowest BCUT2D eigenvalue weighted by molar-refractivity contribution is -0.128. The number of carbonyl (C=O) groups excluding carboxylic acids is 1. The summed E-state index contributed by atoms with van der Waals surface area (Å²) in [6, 6.07) is 16.8. The third-order valence-corrected chi connectivity index (χ3v) is 6.20. The molecule has 2 aliphatic heterocycles. The van der Waals surface area contributed by atoms with Crippen LogP contribution in [0.2, 0.25) is 0 Å². The Morgan fingerprint density at radius 3 is 2.65 bits per heavy atom. The average molecular weight is 421 g/mol. The molecule has 0 saturated carbocycles. The topological polar surface area (TPSA) is 57.2 Å². The molecule has 2 aliphatic rings. The standard InChI is InChI=1S/C25H32N4O2/c1-19-8-3-6-11-22(19)23-18-29(14-15-31-23)25(26-2)27-16-20-9-4-5-10-21(20)17-28-13-7-12-24(28)30/h3-6,8-11,23H,7,12-18H2,1-2H3,(H,26,27). The number of nitrogens with one attached hydrogen (secondary N) is 1. The summed E-state index contributed by atoms with van der Waals surface area (Å²) in [5.74, 6) is 1.14. The van der Waals surface area contributed by atoms with E-state index in [2.05, 4.69) is 64.6 Å². The van der Waals surface area contributed by atoms with E-state index in [0.717, 1.165) is 32.0 Å². The molecule has 6 heteroatoms. The molecular formula is C25H32N4O2. The van der Waals surface area contributed by atoms with E-state index in [9.17, 15) is 4.79 Å². The Morgan fingerprint density at radius 1 is 1.13 bits per heavy atom. The predicted octanol–water partition coefficient (Wildman–Crippen LogP) is 3.27. The van der Waals surface area contributed by atoms with Gasteiger partial charge in [0.1, 0.15) is 6.10 Å². The molecule has 2 aromatic rings. The lowest BCUT2D eigenvalue weighted by Crippen LogP contribution is -2.48. The van der Waals surface area contributed by atoms with Crippen LogP contribution in [-0.2, 0) is 22.6 Å². The molecule has 0 radical (unpaired) electrons. The second-order valence-corrected chi connectivity index (χ2v) is 8.25. The number of amides is 1. The molecule has 1 atom stereocenters. The van der Waals surface area contributed by atoms with Gasteiger partial charge in [-0.05, 0) is 35.6 Å². The molecule has 164 valence electrons. The van der Waals surface area contributed by atoms with Crippen molar-refractivity contribution in [1.82, 2.24) is 15.1 Å². The van der Waals surface area contributed by atoms with Crippen LogP contribution in [0.3, 0.4) is 0 Å². The third-order valence-electron chi connectivity index (χ3n) is 6.20. The number of guanidine groups is 1. The zero-order valence-corrected chi connectivity index (χ0v) is 18.5. The van der Waals surface area contributed by atoms with E-state index in [1.807, 2.05) is 18.0 Å². The highest BCUT2D eigenvalue weighted by Crippen LogP contribution is 2.25. The van der Waals surface area contributed by atoms with Crippen molar-refractivity contribution in [2.24, 2.45) is 4.99 Å². The van der Waals surface area contributed by atoms with Gasteiger partial charge >= 0.3 is 0 Å². The van der Waals surface area contributed by atoms with Crippen LogP contribution in [0.5, 0.6) is 0 Å². The maximum atomic E-state index is 12.1. The molecule has 2 aromatic carbocycles. The van der Waals surface area contributed by atoms with Gasteiger partial charge in [0.2, 0.25) is 5.91 Å². The van der Waals surface area contributed by atoms with Crippen LogP contribution in [0.1, 0.15) is 41.2 Å². The number of aryl methyl sites for hydroxylation is 1. The van der Waals surface area contributed by atoms with Crippen molar-refractivity contribution < 1.29 is 9.53 Å². The Bertz CT molecular complexity index is 943. The number of hydrogen-bond donors (Lipinski definition) is 1. The van der Waals surface area contributed by atoms with E-state index >= 15 is 0 Å². The summed E-state index contributed by atoms with van der Waals surface area (Å²) in [6.07, 6.45) is 1.68. The van der Waals surface area contributed by atoms with Crippen LogP contribution in [0, 0.1) is 6.92 Å². The Kier molecular flexibility index (Phi) is 6.87. The van der Waals surface area contributed by atoms with Crippen LogP contribution < -0.4 is 5.32 Å². The number of hydrogen-bond acceptors (Lipinski definition) is 3. The lowest BCUT2D eigenvalue weighted by Gasteiger charge is -2.36. The number of rotatable bonds is 5. The van der Waals surface area contributed by atoms with Crippen molar-refractivity contribution in [3.8, 4) is 0 Å². The van der Waals surface area contributed by atoms with Gasteiger partial charge in [0, 0.05) is 39.6 Å². The number of nitrogens with zero attached hydrogens (tertiary/aromatic N) is 3. The van der Waals surface area contributed by atoms with Crippen LogP contribution in [0.4, 0.5) is 0 Å². The molecule has 2 saturated heterocycles. The van der Waals surface area contributed by atoms with Crippen molar-refractivity contribution in [2.75, 3.05) is 33.3 Å². The zero-order chi connectivity index (χ0) is 21.6. The zero-order valence-electron chi connectivity index (χ0n) is 18.5. The highest BCUT2D eigenvalue weighted by atomic mass is 16.5. The fourth-order valence-corrected chi connectivity index (χ4v) is 4.45. The monoisotopic (exact) mass is 420 g/mol. The van der Waals surface area contributed by atoms with Crippen molar-refractivity contribution in [3.05, 3.63) is 70.8 Å². The summed E-state index contributed by atoms with van der Waals surface area (Å²) in [6.45, 7) is 6.61. The summed E-state index contributed by atoms with van der Waals surface area (Å²) in [4.78, 5) is 20.8. The molecule has 6 nitrogen and oxygen atoms in total. The first-order valence-corrected chi connectivity index (χ1v) is 11.1. The van der Waals surface area contributed by atoms with E-state index in [4.69, 9.17) is 4.74 Å². The quantitative estimate of drug-likeness (QED) is 0.596. The summed E-state index contributed by atoms with van der Waals surface area (Å²) in [5, 5.41) is 3.54. The molecule has 0 aromatic heterocycles. The minimum absolute atomic E-state index is 0.0435. The van der Waals surface area contributed by atoms with Gasteiger partial charge in [0.25, 0.3) is 0 Å². The normalized spacial score (nSPS) is 19.7. The van der Waals surface area contributed by atoms with Gasteiger partial charge in [-0.3, -0.25) is 9.79 Å². The molecule has 1 amide bonds. The van der Waals surface area contributed by atoms with E-state index in [-0.39, 0.29) is 12.0 Å². The van der Waals surface area contributed by atoms with E-state index in [0.29, 0.717) is 26.1 Å². The first kappa shape index (κ1) is 21.4. The number of carbonyl (C=O) groups is 1. The second kappa shape index (κ2) is 9.96.